The first-order chi connectivity index (χ1) is 9.10. The Bertz CT molecular complexity index is 580. The summed E-state index contributed by atoms with van der Waals surface area (Å²) >= 11 is 1.56. The number of carbonyl (C=O) groups is 1. The van der Waals surface area contributed by atoms with Crippen LogP contribution in [0.25, 0.3) is 0 Å². The molecule has 100 valence electrons. The molecule has 0 aliphatic carbocycles. The Hall–Kier alpha value is -2.01. The number of primary amides is 1. The molecule has 2 aromatic rings. The molecule has 1 unspecified atom stereocenters. The van der Waals surface area contributed by atoms with E-state index in [4.69, 9.17) is 10.5 Å². The maximum atomic E-state index is 11.6. The van der Waals surface area contributed by atoms with Gasteiger partial charge in [0.1, 0.15) is 11.8 Å². The molecule has 1 aromatic heterocycles. The molecule has 0 aliphatic rings. The number of anilines is 1. The molecule has 0 saturated carbocycles. The highest BCUT2D eigenvalue weighted by Crippen LogP contribution is 2.27. The molecule has 1 heterocycles. The van der Waals surface area contributed by atoms with Crippen LogP contribution < -0.4 is 15.8 Å². The zero-order chi connectivity index (χ0) is 13.8. The average molecular weight is 276 g/mol. The maximum Gasteiger partial charge on any atom is 0.245 e. The Morgan fingerprint density at radius 3 is 2.74 bits per heavy atom. The molecular weight excluding hydrogens is 260 g/mol. The van der Waals surface area contributed by atoms with Gasteiger partial charge in [-0.2, -0.15) is 0 Å². The topological polar surface area (TPSA) is 64.3 Å². The molecule has 1 aromatic carbocycles. The third kappa shape index (κ3) is 3.26. The van der Waals surface area contributed by atoms with Crippen molar-refractivity contribution in [2.75, 3.05) is 12.4 Å². The molecule has 0 spiro atoms. The van der Waals surface area contributed by atoms with E-state index >= 15 is 0 Å². The minimum Gasteiger partial charge on any atom is -0.497 e. The van der Waals surface area contributed by atoms with Crippen LogP contribution >= 0.6 is 11.3 Å². The highest BCUT2D eigenvalue weighted by molar-refractivity contribution is 7.12. The van der Waals surface area contributed by atoms with Crippen LogP contribution in [0.3, 0.4) is 0 Å². The zero-order valence-electron chi connectivity index (χ0n) is 10.8. The second-order valence-corrected chi connectivity index (χ2v) is 5.48. The first-order valence-corrected chi connectivity index (χ1v) is 6.68. The molecule has 4 nitrogen and oxygen atoms in total. The van der Waals surface area contributed by atoms with E-state index in [-0.39, 0.29) is 0 Å². The van der Waals surface area contributed by atoms with Crippen molar-refractivity contribution in [2.24, 2.45) is 5.73 Å². The third-order valence-electron chi connectivity index (χ3n) is 2.71. The highest BCUT2D eigenvalue weighted by atomic mass is 32.1. The average Bonchev–Trinajstić information content (AvgIpc) is 2.82. The Kier molecular flexibility index (Phi) is 4.06. The number of nitrogens with two attached hydrogens (primary N) is 1. The predicted octanol–water partition coefficient (Wildman–Crippen LogP) is 2.70. The summed E-state index contributed by atoms with van der Waals surface area (Å²) in [5, 5.41) is 3.14. The van der Waals surface area contributed by atoms with E-state index in [9.17, 15) is 4.79 Å². The molecule has 1 amide bonds. The minimum atomic E-state index is -0.522. The van der Waals surface area contributed by atoms with Crippen LogP contribution in [-0.4, -0.2) is 13.0 Å². The highest BCUT2D eigenvalue weighted by Gasteiger charge is 2.19. The lowest BCUT2D eigenvalue weighted by atomic mass is 10.2. The lowest BCUT2D eigenvalue weighted by Gasteiger charge is -2.15. The normalized spacial score (nSPS) is 11.9. The Morgan fingerprint density at radius 1 is 1.37 bits per heavy atom. The van der Waals surface area contributed by atoms with Gasteiger partial charge in [0.2, 0.25) is 5.91 Å². The van der Waals surface area contributed by atoms with Crippen LogP contribution in [0.15, 0.2) is 36.4 Å². The molecule has 2 rings (SSSR count). The zero-order valence-corrected chi connectivity index (χ0v) is 11.7. The van der Waals surface area contributed by atoms with Crippen LogP contribution in [0, 0.1) is 6.92 Å². The van der Waals surface area contributed by atoms with Gasteiger partial charge in [-0.3, -0.25) is 4.79 Å². The first kappa shape index (κ1) is 13.4. The van der Waals surface area contributed by atoms with Gasteiger partial charge in [0.25, 0.3) is 0 Å². The number of rotatable bonds is 5. The second kappa shape index (κ2) is 5.75. The fourth-order valence-electron chi connectivity index (χ4n) is 1.77. The van der Waals surface area contributed by atoms with Gasteiger partial charge in [-0.05, 0) is 31.2 Å². The van der Waals surface area contributed by atoms with Crippen molar-refractivity contribution in [3.8, 4) is 5.75 Å². The van der Waals surface area contributed by atoms with Crippen LogP contribution in [-0.2, 0) is 4.79 Å². The largest absolute Gasteiger partial charge is 0.497 e. The van der Waals surface area contributed by atoms with Gasteiger partial charge in [-0.25, -0.2) is 0 Å². The quantitative estimate of drug-likeness (QED) is 0.882. The predicted molar refractivity (Wildman–Crippen MR) is 77.6 cm³/mol. The van der Waals surface area contributed by atoms with Crippen molar-refractivity contribution in [3.63, 3.8) is 0 Å². The van der Waals surface area contributed by atoms with Crippen molar-refractivity contribution in [1.29, 1.82) is 0 Å². The molecule has 0 radical (unpaired) electrons. The van der Waals surface area contributed by atoms with Gasteiger partial charge in [-0.15, -0.1) is 11.3 Å². The number of methoxy groups -OCH3 is 1. The van der Waals surface area contributed by atoms with Crippen LogP contribution in [0.2, 0.25) is 0 Å². The molecule has 1 atom stereocenters. The molecule has 0 aliphatic heterocycles. The Labute approximate surface area is 116 Å². The van der Waals surface area contributed by atoms with Gasteiger partial charge in [0, 0.05) is 21.5 Å². The number of benzene rings is 1. The SMILES string of the molecule is COc1cccc(NC(C(N)=O)c2ccc(C)s2)c1. The van der Waals surface area contributed by atoms with Gasteiger partial charge >= 0.3 is 0 Å². The Balaban J connectivity index is 2.23. The summed E-state index contributed by atoms with van der Waals surface area (Å²) in [6, 6.07) is 10.8. The number of carbonyl (C=O) groups excluding carboxylic acids is 1. The maximum absolute atomic E-state index is 11.6. The van der Waals surface area contributed by atoms with E-state index < -0.39 is 11.9 Å². The van der Waals surface area contributed by atoms with E-state index in [1.54, 1.807) is 18.4 Å². The molecule has 0 saturated heterocycles. The lowest BCUT2D eigenvalue weighted by molar-refractivity contribution is -0.118. The van der Waals surface area contributed by atoms with E-state index in [1.165, 1.54) is 0 Å². The smallest absolute Gasteiger partial charge is 0.245 e. The molecular formula is C14H16N2O2S. The minimum absolute atomic E-state index is 0.398. The number of amides is 1. The standard InChI is InChI=1S/C14H16N2O2S/c1-9-6-7-12(19-9)13(14(15)17)16-10-4-3-5-11(8-10)18-2/h3-8,13,16H,1-2H3,(H2,15,17). The monoisotopic (exact) mass is 276 g/mol. The van der Waals surface area contributed by atoms with Crippen molar-refractivity contribution in [1.82, 2.24) is 0 Å². The summed E-state index contributed by atoms with van der Waals surface area (Å²) in [5.74, 6) is 0.334. The van der Waals surface area contributed by atoms with E-state index in [0.717, 1.165) is 21.2 Å². The Morgan fingerprint density at radius 2 is 2.16 bits per heavy atom. The summed E-state index contributed by atoms with van der Waals surface area (Å²) in [7, 11) is 1.60. The number of ether oxygens (including phenoxy) is 1. The van der Waals surface area contributed by atoms with Crippen molar-refractivity contribution in [2.45, 2.75) is 13.0 Å². The third-order valence-corrected chi connectivity index (χ3v) is 3.78. The summed E-state index contributed by atoms with van der Waals surface area (Å²) in [6.45, 7) is 2.00. The number of aryl methyl sites for hydroxylation is 1. The van der Waals surface area contributed by atoms with Crippen LogP contribution in [0.5, 0.6) is 5.75 Å². The van der Waals surface area contributed by atoms with Gasteiger partial charge in [-0.1, -0.05) is 6.07 Å². The number of hydrogen-bond acceptors (Lipinski definition) is 4. The second-order valence-electron chi connectivity index (χ2n) is 4.16. The van der Waals surface area contributed by atoms with E-state index in [0.29, 0.717) is 0 Å². The fraction of sp³-hybridized carbons (Fsp3) is 0.214. The summed E-state index contributed by atoms with van der Waals surface area (Å²) in [5.41, 5.74) is 6.27. The molecule has 3 N–H and O–H groups in total. The van der Waals surface area contributed by atoms with E-state index in [2.05, 4.69) is 5.32 Å². The number of nitrogens with one attached hydrogen (secondary N) is 1. The summed E-state index contributed by atoms with van der Waals surface area (Å²) in [4.78, 5) is 13.7. The fourth-order valence-corrected chi connectivity index (χ4v) is 2.71. The number of hydrogen-bond donors (Lipinski definition) is 2. The summed E-state index contributed by atoms with van der Waals surface area (Å²) < 4.78 is 5.15. The summed E-state index contributed by atoms with van der Waals surface area (Å²) in [6.07, 6.45) is 0. The number of thiophene rings is 1. The van der Waals surface area contributed by atoms with Gasteiger partial charge in [0.15, 0.2) is 0 Å². The first-order valence-electron chi connectivity index (χ1n) is 5.86. The van der Waals surface area contributed by atoms with Crippen molar-refractivity contribution >= 4 is 22.9 Å². The molecule has 19 heavy (non-hydrogen) atoms. The van der Waals surface area contributed by atoms with E-state index in [1.807, 2.05) is 43.3 Å². The van der Waals surface area contributed by atoms with Crippen molar-refractivity contribution < 1.29 is 9.53 Å². The van der Waals surface area contributed by atoms with Gasteiger partial charge < -0.3 is 15.8 Å². The van der Waals surface area contributed by atoms with Crippen molar-refractivity contribution in [3.05, 3.63) is 46.2 Å². The molecule has 0 fully saturated rings. The molecule has 5 heteroatoms. The van der Waals surface area contributed by atoms with Gasteiger partial charge in [0.05, 0.1) is 7.11 Å². The lowest BCUT2D eigenvalue weighted by Crippen LogP contribution is -2.26. The van der Waals surface area contributed by atoms with Crippen LogP contribution in [0.4, 0.5) is 5.69 Å². The van der Waals surface area contributed by atoms with Crippen LogP contribution in [0.1, 0.15) is 15.8 Å². The molecule has 0 bridgehead atoms.